The fourth-order valence-corrected chi connectivity index (χ4v) is 5.07. The van der Waals surface area contributed by atoms with Crippen molar-refractivity contribution in [2.45, 2.75) is 24.3 Å². The molecule has 10 heteroatoms. The van der Waals surface area contributed by atoms with E-state index in [0.29, 0.717) is 25.1 Å². The fourth-order valence-electron chi connectivity index (χ4n) is 3.61. The van der Waals surface area contributed by atoms with Gasteiger partial charge in [-0.2, -0.15) is 4.31 Å². The van der Waals surface area contributed by atoms with E-state index in [-0.39, 0.29) is 29.7 Å². The van der Waals surface area contributed by atoms with Crippen molar-refractivity contribution >= 4 is 15.7 Å². The third kappa shape index (κ3) is 4.44. The maximum Gasteiger partial charge on any atom is 0.270 e. The molecule has 3 rings (SSSR count). The van der Waals surface area contributed by atoms with Crippen LogP contribution < -0.4 is 0 Å². The van der Waals surface area contributed by atoms with Gasteiger partial charge in [0.05, 0.1) is 9.82 Å². The number of piperazine rings is 1. The van der Waals surface area contributed by atoms with E-state index in [1.807, 2.05) is 11.8 Å². The Morgan fingerprint density at radius 1 is 1.10 bits per heavy atom. The predicted octanol–water partition coefficient (Wildman–Crippen LogP) is 3.33. The van der Waals surface area contributed by atoms with Crippen LogP contribution in [0.25, 0.3) is 0 Å². The van der Waals surface area contributed by atoms with E-state index in [9.17, 15) is 27.3 Å². The van der Waals surface area contributed by atoms with Crippen LogP contribution in [0.5, 0.6) is 0 Å². The van der Waals surface area contributed by atoms with Gasteiger partial charge in [-0.1, -0.05) is 19.1 Å². The fraction of sp³-hybridized carbons (Fsp3) is 0.368. The van der Waals surface area contributed by atoms with Gasteiger partial charge in [0, 0.05) is 56.0 Å². The Morgan fingerprint density at radius 2 is 1.79 bits per heavy atom. The van der Waals surface area contributed by atoms with Crippen LogP contribution in [0.1, 0.15) is 24.9 Å². The Labute approximate surface area is 167 Å². The van der Waals surface area contributed by atoms with Crippen molar-refractivity contribution in [3.05, 3.63) is 69.8 Å². The molecule has 2 aromatic carbocycles. The number of nitro groups is 1. The van der Waals surface area contributed by atoms with Crippen molar-refractivity contribution in [3.63, 3.8) is 0 Å². The highest BCUT2D eigenvalue weighted by atomic mass is 32.2. The molecule has 0 aliphatic carbocycles. The molecule has 7 nitrogen and oxygen atoms in total. The minimum Gasteiger partial charge on any atom is -0.294 e. The van der Waals surface area contributed by atoms with Gasteiger partial charge in [0.1, 0.15) is 11.6 Å². The van der Waals surface area contributed by atoms with Gasteiger partial charge in [-0.15, -0.1) is 0 Å². The van der Waals surface area contributed by atoms with E-state index in [1.165, 1.54) is 34.6 Å². The maximum absolute atomic E-state index is 14.2. The number of halogens is 2. The van der Waals surface area contributed by atoms with Crippen molar-refractivity contribution < 1.29 is 22.1 Å². The molecule has 156 valence electrons. The molecule has 0 bridgehead atoms. The van der Waals surface area contributed by atoms with Gasteiger partial charge in [0.2, 0.25) is 10.0 Å². The van der Waals surface area contributed by atoms with Crippen LogP contribution in [0.2, 0.25) is 0 Å². The number of nitrogens with zero attached hydrogens (tertiary/aromatic N) is 3. The Balaban J connectivity index is 1.75. The molecule has 0 aromatic heterocycles. The summed E-state index contributed by atoms with van der Waals surface area (Å²) in [6, 6.07) is 8.14. The lowest BCUT2D eigenvalue weighted by Crippen LogP contribution is -2.49. The Bertz CT molecular complexity index is 1010. The van der Waals surface area contributed by atoms with Gasteiger partial charge in [0.15, 0.2) is 0 Å². The van der Waals surface area contributed by atoms with E-state index in [0.717, 1.165) is 12.1 Å². The quantitative estimate of drug-likeness (QED) is 0.524. The molecular formula is C19H21F2N3O4S. The number of nitro benzene ring substituents is 1. The highest BCUT2D eigenvalue weighted by Gasteiger charge is 2.32. The lowest BCUT2D eigenvalue weighted by atomic mass is 10.0. The highest BCUT2D eigenvalue weighted by molar-refractivity contribution is 7.89. The Morgan fingerprint density at radius 3 is 2.38 bits per heavy atom. The number of hydrogen-bond acceptors (Lipinski definition) is 5. The molecule has 1 fully saturated rings. The minimum atomic E-state index is -3.87. The predicted molar refractivity (Wildman–Crippen MR) is 103 cm³/mol. The first-order valence-electron chi connectivity index (χ1n) is 9.17. The van der Waals surface area contributed by atoms with Crippen LogP contribution in [-0.2, 0) is 10.0 Å². The third-order valence-corrected chi connectivity index (χ3v) is 6.98. The van der Waals surface area contributed by atoms with Crippen molar-refractivity contribution in [1.82, 2.24) is 9.21 Å². The largest absolute Gasteiger partial charge is 0.294 e. The number of hydrogen-bond donors (Lipinski definition) is 0. The van der Waals surface area contributed by atoms with Gasteiger partial charge in [-0.3, -0.25) is 15.0 Å². The first kappa shape index (κ1) is 21.3. The summed E-state index contributed by atoms with van der Waals surface area (Å²) in [7, 11) is -3.87. The third-order valence-electron chi connectivity index (χ3n) is 5.09. The van der Waals surface area contributed by atoms with Crippen molar-refractivity contribution in [2.24, 2.45) is 0 Å². The summed E-state index contributed by atoms with van der Waals surface area (Å²) >= 11 is 0. The normalized spacial score (nSPS) is 17.2. The molecule has 0 saturated carbocycles. The summed E-state index contributed by atoms with van der Waals surface area (Å²) < 4.78 is 54.4. The summed E-state index contributed by atoms with van der Waals surface area (Å²) in [6.45, 7) is 2.96. The zero-order valence-electron chi connectivity index (χ0n) is 15.8. The second-order valence-electron chi connectivity index (χ2n) is 6.78. The van der Waals surface area contributed by atoms with Gasteiger partial charge in [-0.05, 0) is 18.6 Å². The maximum atomic E-state index is 14.2. The molecule has 0 N–H and O–H groups in total. The molecule has 1 heterocycles. The molecule has 0 amide bonds. The zero-order chi connectivity index (χ0) is 21.2. The average Bonchev–Trinajstić information content (AvgIpc) is 2.70. The van der Waals surface area contributed by atoms with E-state index >= 15 is 0 Å². The number of rotatable bonds is 6. The molecule has 0 radical (unpaired) electrons. The number of non-ortho nitro benzene ring substituents is 1. The van der Waals surface area contributed by atoms with Crippen LogP contribution in [0.3, 0.4) is 0 Å². The van der Waals surface area contributed by atoms with E-state index in [4.69, 9.17) is 0 Å². The van der Waals surface area contributed by atoms with Crippen LogP contribution in [0, 0.1) is 21.7 Å². The minimum absolute atomic E-state index is 0.128. The van der Waals surface area contributed by atoms with Crippen molar-refractivity contribution in [2.75, 3.05) is 26.2 Å². The van der Waals surface area contributed by atoms with Gasteiger partial charge >= 0.3 is 0 Å². The summed E-state index contributed by atoms with van der Waals surface area (Å²) in [5.74, 6) is -1.27. The molecule has 1 unspecified atom stereocenters. The average molecular weight is 425 g/mol. The van der Waals surface area contributed by atoms with Crippen molar-refractivity contribution in [3.8, 4) is 0 Å². The topological polar surface area (TPSA) is 83.8 Å². The molecule has 1 aliphatic heterocycles. The molecule has 1 saturated heterocycles. The molecule has 0 spiro atoms. The number of benzene rings is 2. The van der Waals surface area contributed by atoms with Crippen LogP contribution in [-0.4, -0.2) is 48.7 Å². The SMILES string of the molecule is CCC(c1ccc(F)cc1F)N1CCN(S(=O)(=O)c2cccc([N+](=O)[O-])c2)CC1. The first-order valence-corrected chi connectivity index (χ1v) is 10.6. The van der Waals surface area contributed by atoms with Crippen molar-refractivity contribution in [1.29, 1.82) is 0 Å². The van der Waals surface area contributed by atoms with Crippen LogP contribution >= 0.6 is 0 Å². The smallest absolute Gasteiger partial charge is 0.270 e. The number of sulfonamides is 1. The Kier molecular flexibility index (Phi) is 6.25. The monoisotopic (exact) mass is 425 g/mol. The molecular weight excluding hydrogens is 404 g/mol. The summed E-state index contributed by atoms with van der Waals surface area (Å²) in [5.41, 5.74) is 0.0893. The lowest BCUT2D eigenvalue weighted by molar-refractivity contribution is -0.385. The summed E-state index contributed by atoms with van der Waals surface area (Å²) in [4.78, 5) is 12.1. The highest BCUT2D eigenvalue weighted by Crippen LogP contribution is 2.29. The summed E-state index contributed by atoms with van der Waals surface area (Å²) in [5, 5.41) is 10.9. The second kappa shape index (κ2) is 8.52. The van der Waals surface area contributed by atoms with Crippen LogP contribution in [0.4, 0.5) is 14.5 Å². The molecule has 1 atom stereocenters. The second-order valence-corrected chi connectivity index (χ2v) is 8.72. The van der Waals surface area contributed by atoms with Gasteiger partial charge in [-0.25, -0.2) is 17.2 Å². The molecule has 1 aliphatic rings. The van der Waals surface area contributed by atoms with E-state index in [2.05, 4.69) is 0 Å². The lowest BCUT2D eigenvalue weighted by Gasteiger charge is -2.38. The first-order chi connectivity index (χ1) is 13.7. The summed E-state index contributed by atoms with van der Waals surface area (Å²) in [6.07, 6.45) is 0.584. The van der Waals surface area contributed by atoms with Gasteiger partial charge < -0.3 is 0 Å². The van der Waals surface area contributed by atoms with Crippen LogP contribution in [0.15, 0.2) is 47.4 Å². The van der Waals surface area contributed by atoms with E-state index in [1.54, 1.807) is 0 Å². The zero-order valence-corrected chi connectivity index (χ0v) is 16.6. The Hall–Kier alpha value is -2.43. The molecule has 29 heavy (non-hydrogen) atoms. The molecule has 2 aromatic rings. The van der Waals surface area contributed by atoms with E-state index < -0.39 is 26.6 Å². The standard InChI is InChI=1S/C19H21F2N3O4S/c1-2-19(17-7-6-14(20)12-18(17)21)22-8-10-23(11-9-22)29(27,28)16-5-3-4-15(13-16)24(25)26/h3-7,12-13,19H,2,8-11H2,1H3. The van der Waals surface area contributed by atoms with Gasteiger partial charge in [0.25, 0.3) is 5.69 Å².